The summed E-state index contributed by atoms with van der Waals surface area (Å²) in [5, 5.41) is 21.5. The number of hydrogen-bond acceptors (Lipinski definition) is 4. The van der Waals surface area contributed by atoms with Crippen molar-refractivity contribution >= 4 is 17.6 Å². The van der Waals surface area contributed by atoms with Gasteiger partial charge in [-0.3, -0.25) is 0 Å². The molecule has 0 aliphatic carbocycles. The number of benzene rings is 1. The minimum absolute atomic E-state index is 0.00565. The Balaban J connectivity index is 2.63. The van der Waals surface area contributed by atoms with E-state index in [4.69, 9.17) is 16.7 Å². The van der Waals surface area contributed by atoms with E-state index in [0.29, 0.717) is 5.56 Å². The number of phenolic OH excluding ortho intramolecular Hbond substituents is 1. The van der Waals surface area contributed by atoms with E-state index in [9.17, 15) is 9.90 Å². The van der Waals surface area contributed by atoms with E-state index in [1.165, 1.54) is 12.1 Å². The molecule has 0 fully saturated rings. The molecule has 0 spiro atoms. The Hall–Kier alpha value is -2.01. The molecule has 1 aromatic carbocycles. The fourth-order valence-corrected chi connectivity index (χ4v) is 1.56. The zero-order chi connectivity index (χ0) is 11.7. The van der Waals surface area contributed by atoms with Gasteiger partial charge in [-0.15, -0.1) is 0 Å². The number of carboxylic acids is 1. The summed E-state index contributed by atoms with van der Waals surface area (Å²) in [5.41, 5.74) is 0.591. The summed E-state index contributed by atoms with van der Waals surface area (Å²) in [6.07, 6.45) is 0. The molecule has 5 nitrogen and oxygen atoms in total. The average molecular weight is 240 g/mol. The van der Waals surface area contributed by atoms with Crippen molar-refractivity contribution < 1.29 is 19.5 Å². The number of phenols is 1. The van der Waals surface area contributed by atoms with Crippen LogP contribution in [0.5, 0.6) is 5.75 Å². The maximum atomic E-state index is 10.8. The summed E-state index contributed by atoms with van der Waals surface area (Å²) in [5.74, 6) is -1.61. The minimum Gasteiger partial charge on any atom is -0.508 e. The number of rotatable bonds is 2. The summed E-state index contributed by atoms with van der Waals surface area (Å²) in [7, 11) is 0. The topological polar surface area (TPSA) is 83.6 Å². The van der Waals surface area contributed by atoms with E-state index in [1.807, 2.05) is 0 Å². The van der Waals surface area contributed by atoms with Crippen molar-refractivity contribution in [2.24, 2.45) is 0 Å². The number of carboxylic acid groups (broad SMARTS) is 1. The van der Waals surface area contributed by atoms with Gasteiger partial charge in [-0.2, -0.15) is 0 Å². The Kier molecular flexibility index (Phi) is 2.54. The van der Waals surface area contributed by atoms with E-state index in [2.05, 4.69) is 9.68 Å². The van der Waals surface area contributed by atoms with E-state index in [-0.39, 0.29) is 22.2 Å². The molecule has 0 amide bonds. The van der Waals surface area contributed by atoms with Crippen LogP contribution in [0.4, 0.5) is 0 Å². The van der Waals surface area contributed by atoms with Crippen LogP contribution in [-0.4, -0.2) is 21.3 Å². The van der Waals surface area contributed by atoms with Gasteiger partial charge in [0.05, 0.1) is 5.56 Å². The van der Waals surface area contributed by atoms with E-state index < -0.39 is 5.97 Å². The maximum absolute atomic E-state index is 10.8. The van der Waals surface area contributed by atoms with Crippen molar-refractivity contribution in [1.29, 1.82) is 0 Å². The number of aromatic carboxylic acids is 1. The number of halogens is 1. The van der Waals surface area contributed by atoms with Crippen LogP contribution in [0.1, 0.15) is 10.6 Å². The molecule has 2 rings (SSSR count). The second kappa shape index (κ2) is 3.86. The summed E-state index contributed by atoms with van der Waals surface area (Å²) >= 11 is 5.73. The number of aromatic hydroxyl groups is 1. The SMILES string of the molecule is O=C(O)c1onc(Cl)c1-c1cccc(O)c1. The molecular formula is C10H6ClNO4. The first-order valence-corrected chi connectivity index (χ1v) is 4.65. The van der Waals surface area contributed by atoms with Crippen molar-refractivity contribution in [3.8, 4) is 16.9 Å². The second-order valence-electron chi connectivity index (χ2n) is 3.03. The molecule has 0 saturated carbocycles. The molecule has 16 heavy (non-hydrogen) atoms. The molecule has 0 unspecified atom stereocenters. The third-order valence-electron chi connectivity index (χ3n) is 1.98. The Bertz CT molecular complexity index is 550. The molecule has 0 aliphatic heterocycles. The molecular weight excluding hydrogens is 234 g/mol. The Labute approximate surface area is 94.9 Å². The minimum atomic E-state index is -1.27. The van der Waals surface area contributed by atoms with Crippen molar-refractivity contribution in [2.75, 3.05) is 0 Å². The molecule has 2 N–H and O–H groups in total. The van der Waals surface area contributed by atoms with Gasteiger partial charge in [0.25, 0.3) is 5.76 Å². The van der Waals surface area contributed by atoms with Crippen LogP contribution in [-0.2, 0) is 0 Å². The highest BCUT2D eigenvalue weighted by Gasteiger charge is 2.22. The molecule has 0 bridgehead atoms. The second-order valence-corrected chi connectivity index (χ2v) is 3.39. The predicted octanol–water partition coefficient (Wildman–Crippen LogP) is 2.40. The standard InChI is InChI=1S/C10H6ClNO4/c11-9-7(8(10(14)15)16-12-9)5-2-1-3-6(13)4-5/h1-4,13H,(H,14,15). The molecule has 0 atom stereocenters. The van der Waals surface area contributed by atoms with Crippen LogP contribution in [0.15, 0.2) is 28.8 Å². The monoisotopic (exact) mass is 239 g/mol. The smallest absolute Gasteiger partial charge is 0.375 e. The highest BCUT2D eigenvalue weighted by atomic mass is 35.5. The maximum Gasteiger partial charge on any atom is 0.375 e. The highest BCUT2D eigenvalue weighted by molar-refractivity contribution is 6.32. The molecule has 0 saturated heterocycles. The first-order chi connectivity index (χ1) is 7.59. The van der Waals surface area contributed by atoms with Gasteiger partial charge in [0.15, 0.2) is 5.15 Å². The van der Waals surface area contributed by atoms with Crippen molar-refractivity contribution in [2.45, 2.75) is 0 Å². The lowest BCUT2D eigenvalue weighted by Crippen LogP contribution is -1.96. The molecule has 82 valence electrons. The average Bonchev–Trinajstić information content (AvgIpc) is 2.60. The van der Waals surface area contributed by atoms with Crippen LogP contribution in [0.3, 0.4) is 0 Å². The molecule has 0 aliphatic rings. The molecule has 1 aromatic heterocycles. The van der Waals surface area contributed by atoms with E-state index >= 15 is 0 Å². The molecule has 0 radical (unpaired) electrons. The zero-order valence-corrected chi connectivity index (χ0v) is 8.60. The summed E-state index contributed by atoms with van der Waals surface area (Å²) < 4.78 is 4.59. The van der Waals surface area contributed by atoms with Gasteiger partial charge in [0, 0.05) is 0 Å². The molecule has 2 aromatic rings. The largest absolute Gasteiger partial charge is 0.508 e. The van der Waals surface area contributed by atoms with Gasteiger partial charge >= 0.3 is 5.97 Å². The number of nitrogens with zero attached hydrogens (tertiary/aromatic N) is 1. The number of hydrogen-bond donors (Lipinski definition) is 2. The van der Waals surface area contributed by atoms with Gasteiger partial charge < -0.3 is 14.7 Å². The lowest BCUT2D eigenvalue weighted by Gasteiger charge is -1.99. The van der Waals surface area contributed by atoms with Crippen LogP contribution in [0.2, 0.25) is 5.15 Å². The van der Waals surface area contributed by atoms with Crippen molar-refractivity contribution in [1.82, 2.24) is 5.16 Å². The third-order valence-corrected chi connectivity index (χ3v) is 2.24. The third kappa shape index (κ3) is 1.72. The number of carbonyl (C=O) groups is 1. The normalized spacial score (nSPS) is 10.3. The summed E-state index contributed by atoms with van der Waals surface area (Å²) in [4.78, 5) is 10.8. The summed E-state index contributed by atoms with van der Waals surface area (Å²) in [6.45, 7) is 0. The lowest BCUT2D eigenvalue weighted by molar-refractivity contribution is 0.0653. The Morgan fingerprint density at radius 2 is 2.19 bits per heavy atom. The quantitative estimate of drug-likeness (QED) is 0.841. The molecule has 6 heteroatoms. The van der Waals surface area contributed by atoms with E-state index in [1.54, 1.807) is 12.1 Å². The first-order valence-electron chi connectivity index (χ1n) is 4.27. The Morgan fingerprint density at radius 3 is 2.81 bits per heavy atom. The predicted molar refractivity (Wildman–Crippen MR) is 55.6 cm³/mol. The van der Waals surface area contributed by atoms with E-state index in [0.717, 1.165) is 0 Å². The lowest BCUT2D eigenvalue weighted by atomic mass is 10.1. The first kappa shape index (κ1) is 10.5. The van der Waals surface area contributed by atoms with Gasteiger partial charge in [0.1, 0.15) is 5.75 Å². The van der Waals surface area contributed by atoms with Gasteiger partial charge in [0.2, 0.25) is 0 Å². The van der Waals surface area contributed by atoms with Crippen molar-refractivity contribution in [3.63, 3.8) is 0 Å². The number of aromatic nitrogens is 1. The van der Waals surface area contributed by atoms with Crippen LogP contribution < -0.4 is 0 Å². The van der Waals surface area contributed by atoms with Crippen LogP contribution in [0.25, 0.3) is 11.1 Å². The van der Waals surface area contributed by atoms with Crippen molar-refractivity contribution in [3.05, 3.63) is 35.2 Å². The Morgan fingerprint density at radius 1 is 1.44 bits per heavy atom. The van der Waals surface area contributed by atoms with Crippen LogP contribution >= 0.6 is 11.6 Å². The van der Waals surface area contributed by atoms with Gasteiger partial charge in [-0.1, -0.05) is 28.9 Å². The fraction of sp³-hybridized carbons (Fsp3) is 0. The van der Waals surface area contributed by atoms with Gasteiger partial charge in [-0.05, 0) is 17.7 Å². The fourth-order valence-electron chi connectivity index (χ4n) is 1.33. The van der Waals surface area contributed by atoms with Gasteiger partial charge in [-0.25, -0.2) is 4.79 Å². The molecule has 1 heterocycles. The van der Waals surface area contributed by atoms with Crippen LogP contribution in [0, 0.1) is 0 Å². The zero-order valence-electron chi connectivity index (χ0n) is 7.85. The summed E-state index contributed by atoms with van der Waals surface area (Å²) in [6, 6.07) is 6.01. The highest BCUT2D eigenvalue weighted by Crippen LogP contribution is 2.32.